The molecule has 9 nitrogen and oxygen atoms in total. The lowest BCUT2D eigenvalue weighted by molar-refractivity contribution is -0.137. The molecule has 2 aromatic carbocycles. The highest BCUT2D eigenvalue weighted by Crippen LogP contribution is 2.25. The highest BCUT2D eigenvalue weighted by atomic mass is 16.4. The van der Waals surface area contributed by atoms with Crippen molar-refractivity contribution in [1.29, 1.82) is 0 Å². The number of aliphatic carboxylic acids is 1. The van der Waals surface area contributed by atoms with E-state index in [4.69, 9.17) is 5.11 Å². The number of para-hydroxylation sites is 2. The number of hydrogen-bond donors (Lipinski definition) is 2. The fourth-order valence-corrected chi connectivity index (χ4v) is 3.43. The van der Waals surface area contributed by atoms with Crippen molar-refractivity contribution in [2.75, 3.05) is 13.6 Å². The first kappa shape index (κ1) is 19.3. The molecular formula is C21H18N4O5. The number of carboxylic acid groups (broad SMARTS) is 1. The number of benzene rings is 2. The first-order valence-electron chi connectivity index (χ1n) is 9.26. The predicted molar refractivity (Wildman–Crippen MR) is 106 cm³/mol. The number of carbonyl (C=O) groups is 4. The third kappa shape index (κ3) is 3.41. The number of aromatic nitrogens is 2. The van der Waals surface area contributed by atoms with E-state index in [0.29, 0.717) is 5.82 Å². The Balaban J connectivity index is 1.52. The molecule has 0 saturated heterocycles. The van der Waals surface area contributed by atoms with Crippen molar-refractivity contribution in [1.82, 2.24) is 19.8 Å². The number of hydrogen-bond acceptors (Lipinski definition) is 5. The summed E-state index contributed by atoms with van der Waals surface area (Å²) in [5, 5.41) is 8.80. The Labute approximate surface area is 170 Å². The van der Waals surface area contributed by atoms with Crippen LogP contribution in [0.15, 0.2) is 42.5 Å². The zero-order valence-corrected chi connectivity index (χ0v) is 16.1. The van der Waals surface area contributed by atoms with Crippen LogP contribution in [0.25, 0.3) is 11.0 Å². The minimum atomic E-state index is -1.10. The average molecular weight is 406 g/mol. The number of imidazole rings is 1. The standard InChI is InChI=1S/C21H18N4O5/c1-24(11-17-22-15-4-2-3-5-16(15)23-17)19(28)12-6-7-13-14(10-12)21(30)25(20(13)29)9-8-18(26)27/h2-7,10H,8-9,11H2,1H3,(H,22,23)(H,26,27). The smallest absolute Gasteiger partial charge is 0.305 e. The van der Waals surface area contributed by atoms with E-state index in [1.165, 1.54) is 23.1 Å². The molecule has 0 atom stereocenters. The average Bonchev–Trinajstić information content (AvgIpc) is 3.24. The van der Waals surface area contributed by atoms with Gasteiger partial charge in [-0.3, -0.25) is 24.1 Å². The summed E-state index contributed by atoms with van der Waals surface area (Å²) < 4.78 is 0. The summed E-state index contributed by atoms with van der Waals surface area (Å²) in [7, 11) is 1.62. The number of H-pyrrole nitrogens is 1. The number of carboxylic acids is 1. The summed E-state index contributed by atoms with van der Waals surface area (Å²) in [6, 6.07) is 11.8. The molecule has 0 unspecified atom stereocenters. The van der Waals surface area contributed by atoms with Crippen molar-refractivity contribution in [3.8, 4) is 0 Å². The van der Waals surface area contributed by atoms with Crippen molar-refractivity contribution in [2.45, 2.75) is 13.0 Å². The van der Waals surface area contributed by atoms with Gasteiger partial charge < -0.3 is 15.0 Å². The van der Waals surface area contributed by atoms with Gasteiger partial charge in [-0.25, -0.2) is 4.98 Å². The SMILES string of the molecule is CN(Cc1nc2ccccc2[nH]1)C(=O)c1ccc2c(c1)C(=O)N(CCC(=O)O)C2=O. The van der Waals surface area contributed by atoms with Crippen LogP contribution in [-0.4, -0.2) is 62.2 Å². The van der Waals surface area contributed by atoms with E-state index in [9.17, 15) is 19.2 Å². The van der Waals surface area contributed by atoms with E-state index in [1.807, 2.05) is 24.3 Å². The van der Waals surface area contributed by atoms with Gasteiger partial charge in [0.1, 0.15) is 5.82 Å². The van der Waals surface area contributed by atoms with Crippen molar-refractivity contribution in [2.24, 2.45) is 0 Å². The number of fused-ring (bicyclic) bond motifs is 2. The number of nitrogens with zero attached hydrogens (tertiary/aromatic N) is 3. The highest BCUT2D eigenvalue weighted by Gasteiger charge is 2.36. The minimum absolute atomic E-state index is 0.105. The highest BCUT2D eigenvalue weighted by molar-refractivity contribution is 6.22. The molecule has 3 aromatic rings. The molecule has 152 valence electrons. The van der Waals surface area contributed by atoms with Crippen LogP contribution in [0.2, 0.25) is 0 Å². The second-order valence-corrected chi connectivity index (χ2v) is 7.03. The molecule has 0 saturated carbocycles. The lowest BCUT2D eigenvalue weighted by Gasteiger charge is -2.16. The summed E-state index contributed by atoms with van der Waals surface area (Å²) in [5.41, 5.74) is 2.21. The Kier molecular flexibility index (Phi) is 4.78. The Bertz CT molecular complexity index is 1170. The summed E-state index contributed by atoms with van der Waals surface area (Å²) in [6.45, 7) is 0.0269. The normalized spacial score (nSPS) is 13.0. The zero-order chi connectivity index (χ0) is 21.4. The fraction of sp³-hybridized carbons (Fsp3) is 0.190. The van der Waals surface area contributed by atoms with Gasteiger partial charge in [-0.1, -0.05) is 12.1 Å². The lowest BCUT2D eigenvalue weighted by atomic mass is 10.0. The number of imide groups is 1. The first-order chi connectivity index (χ1) is 14.3. The lowest BCUT2D eigenvalue weighted by Crippen LogP contribution is -2.31. The Hall–Kier alpha value is -4.01. The van der Waals surface area contributed by atoms with E-state index >= 15 is 0 Å². The largest absolute Gasteiger partial charge is 0.481 e. The van der Waals surface area contributed by atoms with Crippen LogP contribution in [0, 0.1) is 0 Å². The Morgan fingerprint density at radius 2 is 1.83 bits per heavy atom. The number of amides is 3. The van der Waals surface area contributed by atoms with E-state index in [1.54, 1.807) is 7.05 Å². The molecule has 9 heteroatoms. The summed E-state index contributed by atoms with van der Waals surface area (Å²) in [6.07, 6.45) is -0.336. The van der Waals surface area contributed by atoms with Gasteiger partial charge >= 0.3 is 5.97 Å². The van der Waals surface area contributed by atoms with Crippen LogP contribution in [0.4, 0.5) is 0 Å². The van der Waals surface area contributed by atoms with Crippen LogP contribution in [-0.2, 0) is 11.3 Å². The molecule has 0 bridgehead atoms. The van der Waals surface area contributed by atoms with Crippen molar-refractivity contribution in [3.05, 3.63) is 65.0 Å². The zero-order valence-electron chi connectivity index (χ0n) is 16.1. The maximum absolute atomic E-state index is 12.8. The van der Waals surface area contributed by atoms with Crippen LogP contribution in [0.5, 0.6) is 0 Å². The second kappa shape index (κ2) is 7.43. The fourth-order valence-electron chi connectivity index (χ4n) is 3.43. The van der Waals surface area contributed by atoms with Crippen LogP contribution >= 0.6 is 0 Å². The van der Waals surface area contributed by atoms with E-state index in [-0.39, 0.29) is 42.1 Å². The minimum Gasteiger partial charge on any atom is -0.481 e. The third-order valence-electron chi connectivity index (χ3n) is 4.94. The van der Waals surface area contributed by atoms with Gasteiger partial charge in [0.15, 0.2) is 0 Å². The van der Waals surface area contributed by atoms with Gasteiger partial charge in [0.25, 0.3) is 17.7 Å². The monoisotopic (exact) mass is 406 g/mol. The maximum Gasteiger partial charge on any atom is 0.305 e. The molecule has 0 spiro atoms. The molecule has 4 rings (SSSR count). The summed E-state index contributed by atoms with van der Waals surface area (Å²) in [4.78, 5) is 58.5. The second-order valence-electron chi connectivity index (χ2n) is 7.03. The van der Waals surface area contributed by atoms with E-state index in [0.717, 1.165) is 15.9 Å². The maximum atomic E-state index is 12.8. The molecular weight excluding hydrogens is 388 g/mol. The molecule has 2 N–H and O–H groups in total. The van der Waals surface area contributed by atoms with E-state index < -0.39 is 17.8 Å². The van der Waals surface area contributed by atoms with Gasteiger partial charge in [-0.2, -0.15) is 0 Å². The number of rotatable bonds is 6. The Morgan fingerprint density at radius 1 is 1.10 bits per heavy atom. The molecule has 0 aliphatic carbocycles. The van der Waals surface area contributed by atoms with Crippen LogP contribution < -0.4 is 0 Å². The summed E-state index contributed by atoms with van der Waals surface area (Å²) in [5.74, 6) is -1.95. The summed E-state index contributed by atoms with van der Waals surface area (Å²) >= 11 is 0. The third-order valence-corrected chi connectivity index (χ3v) is 4.94. The van der Waals surface area contributed by atoms with Gasteiger partial charge in [-0.05, 0) is 30.3 Å². The van der Waals surface area contributed by atoms with Crippen LogP contribution in [0.3, 0.4) is 0 Å². The molecule has 1 aromatic heterocycles. The number of nitrogens with one attached hydrogen (secondary N) is 1. The molecule has 2 heterocycles. The molecule has 1 aliphatic heterocycles. The Morgan fingerprint density at radius 3 is 2.57 bits per heavy atom. The molecule has 30 heavy (non-hydrogen) atoms. The van der Waals surface area contributed by atoms with Crippen molar-refractivity contribution >= 4 is 34.7 Å². The van der Waals surface area contributed by atoms with Gasteiger partial charge in [-0.15, -0.1) is 0 Å². The van der Waals surface area contributed by atoms with Gasteiger partial charge in [0, 0.05) is 19.2 Å². The molecule has 0 fully saturated rings. The molecule has 0 radical (unpaired) electrons. The van der Waals surface area contributed by atoms with Crippen molar-refractivity contribution in [3.63, 3.8) is 0 Å². The van der Waals surface area contributed by atoms with E-state index in [2.05, 4.69) is 9.97 Å². The first-order valence-corrected chi connectivity index (χ1v) is 9.26. The quantitative estimate of drug-likeness (QED) is 0.603. The molecule has 3 amide bonds. The van der Waals surface area contributed by atoms with Crippen LogP contribution in [0.1, 0.15) is 43.3 Å². The van der Waals surface area contributed by atoms with Gasteiger partial charge in [0.2, 0.25) is 0 Å². The number of carbonyl (C=O) groups excluding carboxylic acids is 3. The number of aromatic amines is 1. The topological polar surface area (TPSA) is 124 Å². The van der Waals surface area contributed by atoms with Gasteiger partial charge in [0.05, 0.1) is 35.1 Å². The molecule has 1 aliphatic rings. The van der Waals surface area contributed by atoms with Crippen molar-refractivity contribution < 1.29 is 24.3 Å². The predicted octanol–water partition coefficient (Wildman–Crippen LogP) is 1.91.